The van der Waals surface area contributed by atoms with Crippen LogP contribution in [-0.4, -0.2) is 74.4 Å². The number of methoxy groups -OCH3 is 1. The van der Waals surface area contributed by atoms with Gasteiger partial charge >= 0.3 is 5.97 Å². The number of aliphatic hydroxyl groups excluding tert-OH is 1. The van der Waals surface area contributed by atoms with Crippen molar-refractivity contribution in [2.75, 3.05) is 38.8 Å². The van der Waals surface area contributed by atoms with Crippen molar-refractivity contribution in [3.63, 3.8) is 0 Å². The third kappa shape index (κ3) is 4.93. The number of aliphatic hydroxyl groups is 1. The highest BCUT2D eigenvalue weighted by atomic mass is 32.2. The van der Waals surface area contributed by atoms with Gasteiger partial charge in [-0.25, -0.2) is 8.42 Å². The Hall–Kier alpha value is -1.64. The van der Waals surface area contributed by atoms with Crippen LogP contribution in [0.2, 0.25) is 0 Å². The highest BCUT2D eigenvalue weighted by molar-refractivity contribution is 7.90. The average Bonchev–Trinajstić information content (AvgIpc) is 2.55. The molecule has 1 heterocycles. The lowest BCUT2D eigenvalue weighted by Crippen LogP contribution is -2.57. The first-order valence-corrected chi connectivity index (χ1v) is 10.2. The Morgan fingerprint density at radius 1 is 1.44 bits per heavy atom. The third-order valence-electron chi connectivity index (χ3n) is 4.72. The molecule has 0 saturated carbocycles. The fourth-order valence-corrected chi connectivity index (χ4v) is 3.85. The van der Waals surface area contributed by atoms with E-state index in [0.717, 1.165) is 11.8 Å². The Bertz CT molecular complexity index is 720. The van der Waals surface area contributed by atoms with E-state index < -0.39 is 27.3 Å². The SMILES string of the molecule is COc1cccc(C[C@@]2(C(=O)O)CN(CCS(C)(=O)=O)CC[C@H]2O)c1. The zero-order chi connectivity index (χ0) is 18.7. The molecule has 0 aliphatic carbocycles. The number of likely N-dealkylation sites (tertiary alicyclic amines) is 1. The molecule has 0 aromatic heterocycles. The molecule has 0 radical (unpaired) electrons. The topological polar surface area (TPSA) is 104 Å². The molecule has 2 rings (SSSR count). The van der Waals surface area contributed by atoms with Crippen molar-refractivity contribution in [2.45, 2.75) is 18.9 Å². The summed E-state index contributed by atoms with van der Waals surface area (Å²) in [4.78, 5) is 13.9. The number of ether oxygens (including phenoxy) is 1. The second kappa shape index (κ2) is 7.72. The molecule has 2 N–H and O–H groups in total. The minimum absolute atomic E-state index is 0.0298. The number of carboxylic acids is 1. The second-order valence-electron chi connectivity index (χ2n) is 6.70. The van der Waals surface area contributed by atoms with E-state index in [9.17, 15) is 23.4 Å². The Morgan fingerprint density at radius 3 is 2.76 bits per heavy atom. The lowest BCUT2D eigenvalue weighted by atomic mass is 9.73. The number of piperidine rings is 1. The summed E-state index contributed by atoms with van der Waals surface area (Å²) < 4.78 is 28.0. The smallest absolute Gasteiger partial charge is 0.313 e. The zero-order valence-corrected chi connectivity index (χ0v) is 15.3. The number of hydrogen-bond acceptors (Lipinski definition) is 6. The molecule has 1 aromatic rings. The number of benzene rings is 1. The summed E-state index contributed by atoms with van der Waals surface area (Å²) in [6, 6.07) is 7.11. The molecule has 0 amide bonds. The van der Waals surface area contributed by atoms with Crippen LogP contribution in [0.1, 0.15) is 12.0 Å². The molecule has 8 heteroatoms. The molecule has 1 aromatic carbocycles. The third-order valence-corrected chi connectivity index (χ3v) is 5.64. The van der Waals surface area contributed by atoms with Crippen LogP contribution in [0.4, 0.5) is 0 Å². The van der Waals surface area contributed by atoms with E-state index in [-0.39, 0.29) is 25.3 Å². The highest BCUT2D eigenvalue weighted by Gasteiger charge is 2.49. The van der Waals surface area contributed by atoms with Crippen LogP contribution in [0, 0.1) is 5.41 Å². The fraction of sp³-hybridized carbons (Fsp3) is 0.588. The average molecular weight is 371 g/mol. The first kappa shape index (κ1) is 19.7. The summed E-state index contributed by atoms with van der Waals surface area (Å²) >= 11 is 0. The molecule has 1 fully saturated rings. The van der Waals surface area contributed by atoms with Crippen molar-refractivity contribution in [1.82, 2.24) is 4.90 Å². The maximum absolute atomic E-state index is 12.1. The molecule has 2 atom stereocenters. The van der Waals surface area contributed by atoms with Crippen molar-refractivity contribution in [3.05, 3.63) is 29.8 Å². The Morgan fingerprint density at radius 2 is 2.16 bits per heavy atom. The van der Waals surface area contributed by atoms with E-state index >= 15 is 0 Å². The normalized spacial score (nSPS) is 24.8. The van der Waals surface area contributed by atoms with E-state index in [2.05, 4.69) is 0 Å². The largest absolute Gasteiger partial charge is 0.497 e. The molecule has 0 spiro atoms. The number of nitrogens with zero attached hydrogens (tertiary/aromatic N) is 1. The highest BCUT2D eigenvalue weighted by Crippen LogP contribution is 2.35. The number of hydrogen-bond donors (Lipinski definition) is 2. The van der Waals surface area contributed by atoms with Crippen molar-refractivity contribution in [2.24, 2.45) is 5.41 Å². The maximum atomic E-state index is 12.1. The van der Waals surface area contributed by atoms with E-state index in [1.54, 1.807) is 24.3 Å². The number of carboxylic acid groups (broad SMARTS) is 1. The van der Waals surface area contributed by atoms with Gasteiger partial charge in [-0.05, 0) is 30.5 Å². The number of aliphatic carboxylic acids is 1. The van der Waals surface area contributed by atoms with Crippen molar-refractivity contribution in [3.8, 4) is 5.75 Å². The van der Waals surface area contributed by atoms with Gasteiger partial charge in [-0.15, -0.1) is 0 Å². The minimum Gasteiger partial charge on any atom is -0.497 e. The van der Waals surface area contributed by atoms with Crippen molar-refractivity contribution < 1.29 is 28.2 Å². The van der Waals surface area contributed by atoms with E-state index in [0.29, 0.717) is 18.7 Å². The summed E-state index contributed by atoms with van der Waals surface area (Å²) in [6.07, 6.45) is 0.605. The quantitative estimate of drug-likeness (QED) is 0.716. The van der Waals surface area contributed by atoms with Gasteiger partial charge in [-0.3, -0.25) is 4.79 Å². The van der Waals surface area contributed by atoms with Crippen molar-refractivity contribution in [1.29, 1.82) is 0 Å². The van der Waals surface area contributed by atoms with Gasteiger partial charge in [0.2, 0.25) is 0 Å². The van der Waals surface area contributed by atoms with Gasteiger partial charge in [0.25, 0.3) is 0 Å². The predicted molar refractivity (Wildman–Crippen MR) is 93.5 cm³/mol. The van der Waals surface area contributed by atoms with Crippen LogP contribution in [0.5, 0.6) is 5.75 Å². The Labute approximate surface area is 148 Å². The lowest BCUT2D eigenvalue weighted by Gasteiger charge is -2.43. The number of rotatable bonds is 7. The molecule has 1 aliphatic rings. The monoisotopic (exact) mass is 371 g/mol. The fourth-order valence-electron chi connectivity index (χ4n) is 3.26. The van der Waals surface area contributed by atoms with Gasteiger partial charge in [-0.2, -0.15) is 0 Å². The van der Waals surface area contributed by atoms with Crippen molar-refractivity contribution >= 4 is 15.8 Å². The molecule has 25 heavy (non-hydrogen) atoms. The zero-order valence-electron chi connectivity index (χ0n) is 14.5. The van der Waals surface area contributed by atoms with Gasteiger partial charge in [-0.1, -0.05) is 12.1 Å². The van der Waals surface area contributed by atoms with Crippen LogP contribution in [0.15, 0.2) is 24.3 Å². The molecule has 0 unspecified atom stereocenters. The standard InChI is InChI=1S/C17H25NO6S/c1-24-14-5-3-4-13(10-14)11-17(16(20)21)12-18(7-6-15(17)19)8-9-25(2,22)23/h3-5,10,15,19H,6-9,11-12H2,1-2H3,(H,20,21)/t15-,17-/m1/s1. The summed E-state index contributed by atoms with van der Waals surface area (Å²) in [6.45, 7) is 0.846. The van der Waals surface area contributed by atoms with E-state index in [4.69, 9.17) is 4.74 Å². The van der Waals surface area contributed by atoms with Crippen LogP contribution >= 0.6 is 0 Å². The van der Waals surface area contributed by atoms with Crippen LogP contribution in [0.3, 0.4) is 0 Å². The van der Waals surface area contributed by atoms with Gasteiger partial charge < -0.3 is 19.8 Å². The first-order valence-electron chi connectivity index (χ1n) is 8.11. The first-order chi connectivity index (χ1) is 11.7. The van der Waals surface area contributed by atoms with Crippen LogP contribution in [0.25, 0.3) is 0 Å². The molecular formula is C17H25NO6S. The minimum atomic E-state index is -3.13. The summed E-state index contributed by atoms with van der Waals surface area (Å²) in [5.41, 5.74) is -0.618. The van der Waals surface area contributed by atoms with Gasteiger partial charge in [0.15, 0.2) is 0 Å². The lowest BCUT2D eigenvalue weighted by molar-refractivity contribution is -0.163. The van der Waals surface area contributed by atoms with Crippen LogP contribution < -0.4 is 4.74 Å². The van der Waals surface area contributed by atoms with Crippen LogP contribution in [-0.2, 0) is 21.1 Å². The molecular weight excluding hydrogens is 346 g/mol. The Kier molecular flexibility index (Phi) is 6.08. The Balaban J connectivity index is 2.23. The van der Waals surface area contributed by atoms with E-state index in [1.807, 2.05) is 4.90 Å². The van der Waals surface area contributed by atoms with Gasteiger partial charge in [0, 0.05) is 25.9 Å². The summed E-state index contributed by atoms with van der Waals surface area (Å²) in [5.74, 6) is -0.484. The molecule has 1 aliphatic heterocycles. The predicted octanol–water partition coefficient (Wildman–Crippen LogP) is 0.420. The molecule has 140 valence electrons. The molecule has 0 bridgehead atoms. The second-order valence-corrected chi connectivity index (χ2v) is 8.96. The van der Waals surface area contributed by atoms with Gasteiger partial charge in [0.1, 0.15) is 21.0 Å². The number of sulfone groups is 1. The maximum Gasteiger partial charge on any atom is 0.313 e. The summed E-state index contributed by atoms with van der Waals surface area (Å²) in [5, 5.41) is 20.3. The van der Waals surface area contributed by atoms with Gasteiger partial charge in [0.05, 0.1) is 19.0 Å². The molecule has 1 saturated heterocycles. The molecule has 7 nitrogen and oxygen atoms in total. The van der Waals surface area contributed by atoms with E-state index in [1.165, 1.54) is 7.11 Å². The number of carbonyl (C=O) groups is 1. The summed E-state index contributed by atoms with van der Waals surface area (Å²) in [7, 11) is -1.59.